The van der Waals surface area contributed by atoms with E-state index in [2.05, 4.69) is 7.05 Å². The zero-order valence-corrected chi connectivity index (χ0v) is 16.0. The number of hydrogen-bond acceptors (Lipinski definition) is 3. The van der Waals surface area contributed by atoms with Crippen LogP contribution in [0.25, 0.3) is 6.08 Å². The molecule has 140 valence electrons. The number of phenolic OH excluding ortho intramolecular Hbond substituents is 1. The number of likely N-dealkylation sites (N-methyl/N-ethyl adjacent to an activating group) is 1. The van der Waals surface area contributed by atoms with E-state index in [9.17, 15) is 9.90 Å². The number of halogens is 1. The van der Waals surface area contributed by atoms with Gasteiger partial charge in [-0.1, -0.05) is 23.7 Å². The first kappa shape index (κ1) is 18.0. The van der Waals surface area contributed by atoms with Gasteiger partial charge in [0.2, 0.25) is 5.78 Å². The van der Waals surface area contributed by atoms with Crippen LogP contribution in [0.5, 0.6) is 11.5 Å². The molecule has 0 atom stereocenters. The quantitative estimate of drug-likeness (QED) is 0.676. The highest BCUT2D eigenvalue weighted by Crippen LogP contribution is 2.39. The van der Waals surface area contributed by atoms with Gasteiger partial charge in [-0.15, -0.1) is 0 Å². The molecule has 0 radical (unpaired) electrons. The normalized spacial score (nSPS) is 23.3. The molecule has 0 bridgehead atoms. The van der Waals surface area contributed by atoms with E-state index < -0.39 is 0 Å². The molecule has 2 aromatic rings. The molecular formula is C21H23ClN2O3+2. The summed E-state index contributed by atoms with van der Waals surface area (Å²) in [6.07, 6.45) is 1.71. The third kappa shape index (κ3) is 3.72. The van der Waals surface area contributed by atoms with Crippen LogP contribution < -0.4 is 14.5 Å². The number of hydrogen-bond donors (Lipinski definition) is 3. The minimum Gasteiger partial charge on any atom is -0.507 e. The van der Waals surface area contributed by atoms with Gasteiger partial charge < -0.3 is 19.6 Å². The number of allylic oxidation sites excluding steroid dienone is 1. The molecule has 2 aliphatic rings. The average molecular weight is 387 g/mol. The Morgan fingerprint density at radius 2 is 1.81 bits per heavy atom. The molecular weight excluding hydrogens is 364 g/mol. The SMILES string of the molecule is C[NH+]1CC[NH+](Cc2c(O)ccc3c2OC(=Cc2ccc(Cl)cc2)C3=O)CC1. The van der Waals surface area contributed by atoms with Crippen molar-refractivity contribution in [3.63, 3.8) is 0 Å². The van der Waals surface area contributed by atoms with Crippen molar-refractivity contribution in [3.8, 4) is 11.5 Å². The largest absolute Gasteiger partial charge is 0.507 e. The van der Waals surface area contributed by atoms with E-state index >= 15 is 0 Å². The van der Waals surface area contributed by atoms with E-state index in [1.807, 2.05) is 12.1 Å². The number of quaternary nitrogens is 2. The van der Waals surface area contributed by atoms with E-state index in [0.29, 0.717) is 22.9 Å². The van der Waals surface area contributed by atoms with Gasteiger partial charge in [0.25, 0.3) is 0 Å². The molecule has 0 unspecified atom stereocenters. The van der Waals surface area contributed by atoms with Crippen LogP contribution >= 0.6 is 11.6 Å². The lowest BCUT2D eigenvalue weighted by molar-refractivity contribution is -1.01. The van der Waals surface area contributed by atoms with Crippen LogP contribution in [0.3, 0.4) is 0 Å². The second-order valence-electron chi connectivity index (χ2n) is 7.32. The summed E-state index contributed by atoms with van der Waals surface area (Å²) in [6, 6.07) is 10.5. The molecule has 0 aliphatic carbocycles. The minimum atomic E-state index is -0.154. The molecule has 1 fully saturated rings. The standard InChI is InChI=1S/C21H21ClN2O3/c1-23-8-10-24(11-9-23)13-17-18(25)7-6-16-20(26)19(27-21(16)17)12-14-2-4-15(22)5-3-14/h2-7,12,25H,8-11,13H2,1H3/p+2. The Kier molecular flexibility index (Phi) is 4.91. The minimum absolute atomic E-state index is 0.154. The summed E-state index contributed by atoms with van der Waals surface area (Å²) >= 11 is 5.92. The Labute approximate surface area is 163 Å². The molecule has 3 N–H and O–H groups in total. The number of nitrogens with one attached hydrogen (secondary N) is 2. The number of Topliss-reactive ketones (excluding diaryl/α,β-unsaturated/α-hetero) is 1. The van der Waals surface area contributed by atoms with Crippen molar-refractivity contribution < 1.29 is 24.4 Å². The summed E-state index contributed by atoms with van der Waals surface area (Å²) in [4.78, 5) is 15.7. The number of ether oxygens (including phenoxy) is 1. The second-order valence-corrected chi connectivity index (χ2v) is 7.75. The van der Waals surface area contributed by atoms with Crippen molar-refractivity contribution in [1.82, 2.24) is 0 Å². The zero-order chi connectivity index (χ0) is 19.0. The van der Waals surface area contributed by atoms with Crippen LogP contribution in [0.15, 0.2) is 42.2 Å². The second kappa shape index (κ2) is 7.35. The maximum Gasteiger partial charge on any atom is 0.231 e. The van der Waals surface area contributed by atoms with Crippen LogP contribution in [0.1, 0.15) is 21.5 Å². The predicted octanol–water partition coefficient (Wildman–Crippen LogP) is 0.575. The lowest BCUT2D eigenvalue weighted by Gasteiger charge is -2.27. The van der Waals surface area contributed by atoms with E-state index in [0.717, 1.165) is 37.3 Å². The number of fused-ring (bicyclic) bond motifs is 1. The van der Waals surface area contributed by atoms with Gasteiger partial charge in [-0.05, 0) is 35.9 Å². The van der Waals surface area contributed by atoms with Crippen molar-refractivity contribution in [3.05, 3.63) is 63.9 Å². The maximum absolute atomic E-state index is 12.8. The van der Waals surface area contributed by atoms with Gasteiger partial charge in [-0.2, -0.15) is 0 Å². The highest BCUT2D eigenvalue weighted by atomic mass is 35.5. The molecule has 6 heteroatoms. The Hall–Kier alpha value is -2.34. The lowest BCUT2D eigenvalue weighted by atomic mass is 10.0. The fraction of sp³-hybridized carbons (Fsp3) is 0.286. The fourth-order valence-electron chi connectivity index (χ4n) is 3.64. The lowest BCUT2D eigenvalue weighted by Crippen LogP contribution is -3.26. The summed E-state index contributed by atoms with van der Waals surface area (Å²) in [5.74, 6) is 0.808. The van der Waals surface area contributed by atoms with E-state index in [-0.39, 0.29) is 17.3 Å². The van der Waals surface area contributed by atoms with E-state index in [1.165, 1.54) is 9.80 Å². The zero-order valence-electron chi connectivity index (χ0n) is 15.2. The molecule has 4 rings (SSSR count). The monoisotopic (exact) mass is 386 g/mol. The molecule has 0 amide bonds. The van der Waals surface area contributed by atoms with Crippen molar-refractivity contribution in [2.45, 2.75) is 6.54 Å². The first-order valence-electron chi connectivity index (χ1n) is 9.21. The van der Waals surface area contributed by atoms with Crippen LogP contribution in [-0.4, -0.2) is 44.1 Å². The highest BCUT2D eigenvalue weighted by Gasteiger charge is 2.33. The summed E-state index contributed by atoms with van der Waals surface area (Å²) in [6.45, 7) is 4.94. The Bertz CT molecular complexity index is 900. The molecule has 2 aliphatic heterocycles. The number of benzene rings is 2. The fourth-order valence-corrected chi connectivity index (χ4v) is 3.76. The van der Waals surface area contributed by atoms with Gasteiger partial charge >= 0.3 is 0 Å². The Morgan fingerprint density at radius 3 is 2.52 bits per heavy atom. The Morgan fingerprint density at radius 1 is 1.11 bits per heavy atom. The number of rotatable bonds is 3. The molecule has 2 aromatic carbocycles. The number of carbonyl (C=O) groups excluding carboxylic acids is 1. The number of phenols is 1. The number of carbonyl (C=O) groups is 1. The van der Waals surface area contributed by atoms with Crippen LogP contribution in [-0.2, 0) is 6.54 Å². The third-order valence-electron chi connectivity index (χ3n) is 5.32. The highest BCUT2D eigenvalue weighted by molar-refractivity contribution is 6.30. The van der Waals surface area contributed by atoms with Gasteiger partial charge in [0.05, 0.1) is 18.2 Å². The topological polar surface area (TPSA) is 55.4 Å². The summed E-state index contributed by atoms with van der Waals surface area (Å²) in [5.41, 5.74) is 2.08. The number of ketones is 1. The molecule has 2 heterocycles. The van der Waals surface area contributed by atoms with E-state index in [4.69, 9.17) is 16.3 Å². The van der Waals surface area contributed by atoms with Gasteiger partial charge in [-0.25, -0.2) is 0 Å². The van der Waals surface area contributed by atoms with Crippen molar-refractivity contribution >= 4 is 23.5 Å². The first-order valence-corrected chi connectivity index (χ1v) is 9.58. The van der Waals surface area contributed by atoms with Gasteiger partial charge in [-0.3, -0.25) is 4.79 Å². The van der Waals surface area contributed by atoms with Crippen LogP contribution in [0.4, 0.5) is 0 Å². The van der Waals surface area contributed by atoms with Crippen LogP contribution in [0.2, 0.25) is 5.02 Å². The summed E-state index contributed by atoms with van der Waals surface area (Å²) in [7, 11) is 2.20. The maximum atomic E-state index is 12.8. The first-order chi connectivity index (χ1) is 13.0. The van der Waals surface area contributed by atoms with Crippen molar-refractivity contribution in [1.29, 1.82) is 0 Å². The molecule has 0 saturated carbocycles. The molecule has 0 aromatic heterocycles. The molecule has 1 saturated heterocycles. The van der Waals surface area contributed by atoms with Crippen LogP contribution in [0, 0.1) is 0 Å². The van der Waals surface area contributed by atoms with Gasteiger partial charge in [0.15, 0.2) is 11.5 Å². The number of piperazine rings is 1. The average Bonchev–Trinajstić information content (AvgIpc) is 2.97. The summed E-state index contributed by atoms with van der Waals surface area (Å²) in [5, 5.41) is 11.0. The van der Waals surface area contributed by atoms with Gasteiger partial charge in [0, 0.05) is 5.02 Å². The molecule has 27 heavy (non-hydrogen) atoms. The predicted molar refractivity (Wildman–Crippen MR) is 104 cm³/mol. The summed E-state index contributed by atoms with van der Waals surface area (Å²) < 4.78 is 5.93. The third-order valence-corrected chi connectivity index (χ3v) is 5.57. The van der Waals surface area contributed by atoms with Crippen molar-refractivity contribution in [2.24, 2.45) is 0 Å². The van der Waals surface area contributed by atoms with Crippen molar-refractivity contribution in [2.75, 3.05) is 33.2 Å². The Balaban J connectivity index is 1.61. The number of aromatic hydroxyl groups is 1. The molecule has 0 spiro atoms. The smallest absolute Gasteiger partial charge is 0.231 e. The van der Waals surface area contributed by atoms with Gasteiger partial charge in [0.1, 0.15) is 38.5 Å². The van der Waals surface area contributed by atoms with E-state index in [1.54, 1.807) is 30.3 Å². The molecule has 5 nitrogen and oxygen atoms in total.